The Hall–Kier alpha value is -2.90. The van der Waals surface area contributed by atoms with Gasteiger partial charge in [-0.3, -0.25) is 0 Å². The Balaban J connectivity index is 1.60. The zero-order valence-corrected chi connectivity index (χ0v) is 17.4. The van der Waals surface area contributed by atoms with Gasteiger partial charge in [0.25, 0.3) is 0 Å². The fourth-order valence-electron chi connectivity index (χ4n) is 3.84. The van der Waals surface area contributed by atoms with Crippen molar-refractivity contribution in [1.82, 2.24) is 4.90 Å². The van der Waals surface area contributed by atoms with Gasteiger partial charge < -0.3 is 4.90 Å². The van der Waals surface area contributed by atoms with Crippen molar-refractivity contribution in [2.75, 3.05) is 0 Å². The molecule has 0 saturated heterocycles. The highest BCUT2D eigenvalue weighted by molar-refractivity contribution is 7.16. The van der Waals surface area contributed by atoms with Crippen molar-refractivity contribution >= 4 is 22.7 Å². The molecular weight excluding hydrogens is 374 g/mol. The summed E-state index contributed by atoms with van der Waals surface area (Å²) >= 11 is 1.71. The predicted octanol–water partition coefficient (Wildman–Crippen LogP) is 6.25. The highest BCUT2D eigenvalue weighted by Crippen LogP contribution is 2.38. The third kappa shape index (κ3) is 4.93. The lowest BCUT2D eigenvalue weighted by atomic mass is 10.1. The monoisotopic (exact) mass is 399 g/mol. The van der Waals surface area contributed by atoms with Gasteiger partial charge in [-0.1, -0.05) is 67.1 Å². The van der Waals surface area contributed by atoms with Crippen LogP contribution in [0.2, 0.25) is 0 Å². The number of aliphatic imine (C=N–C) groups is 1. The van der Waals surface area contributed by atoms with Gasteiger partial charge in [-0.2, -0.15) is 5.26 Å². The summed E-state index contributed by atoms with van der Waals surface area (Å²) < 4.78 is 0. The van der Waals surface area contributed by atoms with E-state index in [1.807, 2.05) is 18.5 Å². The normalized spacial score (nSPS) is 13.6. The van der Waals surface area contributed by atoms with E-state index in [1.54, 1.807) is 11.3 Å². The molecule has 2 aromatic carbocycles. The molecule has 1 heterocycles. The molecule has 0 unspecified atom stereocenters. The van der Waals surface area contributed by atoms with Crippen LogP contribution in [0.25, 0.3) is 0 Å². The molecule has 0 N–H and O–H groups in total. The minimum absolute atomic E-state index is 0.784. The van der Waals surface area contributed by atoms with Gasteiger partial charge in [0.2, 0.25) is 0 Å². The molecule has 1 aliphatic rings. The van der Waals surface area contributed by atoms with Gasteiger partial charge >= 0.3 is 0 Å². The molecule has 4 heteroatoms. The van der Waals surface area contributed by atoms with Gasteiger partial charge in [0.15, 0.2) is 0 Å². The van der Waals surface area contributed by atoms with Gasteiger partial charge in [0.05, 0.1) is 11.9 Å². The molecule has 146 valence electrons. The summed E-state index contributed by atoms with van der Waals surface area (Å²) in [6.45, 7) is 1.57. The van der Waals surface area contributed by atoms with E-state index in [0.717, 1.165) is 36.5 Å². The van der Waals surface area contributed by atoms with E-state index in [-0.39, 0.29) is 0 Å². The Morgan fingerprint density at radius 1 is 0.897 bits per heavy atom. The topological polar surface area (TPSA) is 39.4 Å². The minimum Gasteiger partial charge on any atom is -0.354 e. The van der Waals surface area contributed by atoms with E-state index in [9.17, 15) is 5.26 Å². The Morgan fingerprint density at radius 2 is 1.52 bits per heavy atom. The quantitative estimate of drug-likeness (QED) is 0.279. The first-order valence-corrected chi connectivity index (χ1v) is 11.1. The number of nitriles is 1. The molecule has 0 saturated carbocycles. The van der Waals surface area contributed by atoms with Gasteiger partial charge in [-0.25, -0.2) is 4.99 Å². The fraction of sp³-hybridized carbons (Fsp3) is 0.280. The number of thiophene rings is 1. The number of hydrogen-bond donors (Lipinski definition) is 0. The summed E-state index contributed by atoms with van der Waals surface area (Å²) in [4.78, 5) is 8.39. The van der Waals surface area contributed by atoms with Crippen molar-refractivity contribution in [3.8, 4) is 6.07 Å². The highest BCUT2D eigenvalue weighted by atomic mass is 32.1. The first-order chi connectivity index (χ1) is 14.3. The van der Waals surface area contributed by atoms with Crippen LogP contribution in [-0.2, 0) is 25.9 Å². The Labute approximate surface area is 177 Å². The highest BCUT2D eigenvalue weighted by Gasteiger charge is 2.19. The molecule has 29 heavy (non-hydrogen) atoms. The molecule has 0 aliphatic heterocycles. The molecule has 0 radical (unpaired) electrons. The third-order valence-corrected chi connectivity index (χ3v) is 6.51. The van der Waals surface area contributed by atoms with Crippen LogP contribution < -0.4 is 0 Å². The van der Waals surface area contributed by atoms with Crippen molar-refractivity contribution in [3.63, 3.8) is 0 Å². The van der Waals surface area contributed by atoms with E-state index in [0.29, 0.717) is 0 Å². The first-order valence-electron chi connectivity index (χ1n) is 10.2. The molecule has 0 spiro atoms. The molecule has 3 nitrogen and oxygen atoms in total. The van der Waals surface area contributed by atoms with Crippen LogP contribution in [0.1, 0.15) is 46.4 Å². The number of rotatable bonds is 6. The van der Waals surface area contributed by atoms with Crippen LogP contribution in [0.4, 0.5) is 5.00 Å². The minimum atomic E-state index is 0.784. The molecule has 0 bridgehead atoms. The van der Waals surface area contributed by atoms with Crippen LogP contribution in [0.15, 0.2) is 65.7 Å². The maximum absolute atomic E-state index is 9.76. The van der Waals surface area contributed by atoms with Gasteiger partial charge in [0, 0.05) is 18.0 Å². The number of nitrogens with zero attached hydrogens (tertiary/aromatic N) is 3. The number of benzene rings is 2. The number of hydrogen-bond acceptors (Lipinski definition) is 3. The van der Waals surface area contributed by atoms with Crippen molar-refractivity contribution in [2.45, 2.75) is 45.2 Å². The predicted molar refractivity (Wildman–Crippen MR) is 121 cm³/mol. The van der Waals surface area contributed by atoms with Crippen molar-refractivity contribution in [1.29, 1.82) is 5.26 Å². The van der Waals surface area contributed by atoms with Crippen LogP contribution in [0.3, 0.4) is 0 Å². The van der Waals surface area contributed by atoms with Gasteiger partial charge in [-0.05, 0) is 42.4 Å². The summed E-state index contributed by atoms with van der Waals surface area (Å²) in [5.41, 5.74) is 4.54. The Bertz CT molecular complexity index is 958. The summed E-state index contributed by atoms with van der Waals surface area (Å²) in [6.07, 6.45) is 7.67. The zero-order valence-electron chi connectivity index (χ0n) is 16.6. The second kappa shape index (κ2) is 9.54. The summed E-state index contributed by atoms with van der Waals surface area (Å²) in [6, 6.07) is 23.3. The van der Waals surface area contributed by atoms with E-state index in [4.69, 9.17) is 4.99 Å². The van der Waals surface area contributed by atoms with Crippen LogP contribution in [0.5, 0.6) is 0 Å². The lowest BCUT2D eigenvalue weighted by molar-refractivity contribution is 0.419. The molecule has 4 rings (SSSR count). The van der Waals surface area contributed by atoms with E-state index in [2.05, 4.69) is 59.5 Å². The summed E-state index contributed by atoms with van der Waals surface area (Å²) in [7, 11) is 0. The van der Waals surface area contributed by atoms with Gasteiger partial charge in [0.1, 0.15) is 11.1 Å². The van der Waals surface area contributed by atoms with E-state index < -0.39 is 0 Å². The lowest BCUT2D eigenvalue weighted by Crippen LogP contribution is -2.20. The Morgan fingerprint density at radius 3 is 2.14 bits per heavy atom. The van der Waals surface area contributed by atoms with Crippen LogP contribution >= 0.6 is 11.3 Å². The summed E-state index contributed by atoms with van der Waals surface area (Å²) in [5, 5.41) is 10.6. The number of aryl methyl sites for hydroxylation is 1. The molecule has 3 aromatic rings. The van der Waals surface area contributed by atoms with Crippen molar-refractivity contribution in [2.24, 2.45) is 4.99 Å². The fourth-order valence-corrected chi connectivity index (χ4v) is 5.02. The summed E-state index contributed by atoms with van der Waals surface area (Å²) in [5.74, 6) is 0. The largest absolute Gasteiger partial charge is 0.354 e. The van der Waals surface area contributed by atoms with E-state index in [1.165, 1.54) is 40.8 Å². The average Bonchev–Trinajstić information content (AvgIpc) is 2.92. The molecule has 0 atom stereocenters. The lowest BCUT2D eigenvalue weighted by Gasteiger charge is -2.20. The SMILES string of the molecule is N#Cc1c(/N=C/N(Cc2ccccc2)Cc2ccccc2)sc2c1CCCCC2. The van der Waals surface area contributed by atoms with Crippen molar-refractivity contribution < 1.29 is 0 Å². The van der Waals surface area contributed by atoms with Crippen LogP contribution in [0, 0.1) is 11.3 Å². The maximum Gasteiger partial charge on any atom is 0.136 e. The molecule has 1 aromatic heterocycles. The molecule has 1 aliphatic carbocycles. The molecule has 0 fully saturated rings. The second-order valence-corrected chi connectivity index (χ2v) is 8.56. The van der Waals surface area contributed by atoms with Crippen LogP contribution in [-0.4, -0.2) is 11.2 Å². The number of fused-ring (bicyclic) bond motifs is 1. The van der Waals surface area contributed by atoms with E-state index >= 15 is 0 Å². The second-order valence-electron chi connectivity index (χ2n) is 7.48. The average molecular weight is 400 g/mol. The Kier molecular flexibility index (Phi) is 6.38. The first kappa shape index (κ1) is 19.4. The molecule has 0 amide bonds. The maximum atomic E-state index is 9.76. The third-order valence-electron chi connectivity index (χ3n) is 5.31. The van der Waals surface area contributed by atoms with Gasteiger partial charge in [-0.15, -0.1) is 11.3 Å². The van der Waals surface area contributed by atoms with Crippen molar-refractivity contribution in [3.05, 3.63) is 87.8 Å². The molecular formula is C25H25N3S. The standard InChI is InChI=1S/C25H25N3S/c26-16-23-22-14-8-3-9-15-24(22)29-25(23)27-19-28(17-20-10-4-1-5-11-20)18-21-12-6-2-7-13-21/h1-2,4-7,10-13,19H,3,8-9,14-15,17-18H2/b27-19+. The smallest absolute Gasteiger partial charge is 0.136 e. The zero-order chi connectivity index (χ0) is 19.9.